The van der Waals surface area contributed by atoms with E-state index in [0.29, 0.717) is 5.92 Å². The van der Waals surface area contributed by atoms with Crippen molar-refractivity contribution in [2.75, 3.05) is 19.6 Å². The lowest BCUT2D eigenvalue weighted by Crippen LogP contribution is -2.48. The molecule has 0 radical (unpaired) electrons. The molecule has 102 valence electrons. The molecule has 1 aromatic heterocycles. The summed E-state index contributed by atoms with van der Waals surface area (Å²) in [6.45, 7) is 10.0. The van der Waals surface area contributed by atoms with Crippen LogP contribution in [0.25, 0.3) is 0 Å². The highest BCUT2D eigenvalue weighted by molar-refractivity contribution is 7.09. The van der Waals surface area contributed by atoms with E-state index in [2.05, 4.69) is 31.1 Å². The summed E-state index contributed by atoms with van der Waals surface area (Å²) in [6.07, 6.45) is 3.31. The SMILES string of the molecule is CCCN1CCC(N)(c2nc(C(C)C)cs2)CC1. The standard InChI is InChI=1S/C14H25N3S/c1-4-7-17-8-5-14(15,6-9-17)13-16-12(10-18-13)11(2)3/h10-11H,4-9,15H2,1-3H3. The Balaban J connectivity index is 2.03. The van der Waals surface area contributed by atoms with Crippen molar-refractivity contribution in [1.29, 1.82) is 0 Å². The number of aromatic nitrogens is 1. The van der Waals surface area contributed by atoms with Gasteiger partial charge >= 0.3 is 0 Å². The molecule has 0 saturated carbocycles. The monoisotopic (exact) mass is 267 g/mol. The number of likely N-dealkylation sites (tertiary alicyclic amines) is 1. The van der Waals surface area contributed by atoms with Crippen molar-refractivity contribution in [2.24, 2.45) is 5.73 Å². The van der Waals surface area contributed by atoms with Crippen LogP contribution in [0.3, 0.4) is 0 Å². The van der Waals surface area contributed by atoms with Crippen LogP contribution in [-0.2, 0) is 5.54 Å². The van der Waals surface area contributed by atoms with Crippen LogP contribution in [0, 0.1) is 0 Å². The highest BCUT2D eigenvalue weighted by atomic mass is 32.1. The lowest BCUT2D eigenvalue weighted by molar-refractivity contribution is 0.162. The largest absolute Gasteiger partial charge is 0.319 e. The zero-order chi connectivity index (χ0) is 13.2. The van der Waals surface area contributed by atoms with Crippen LogP contribution in [0.4, 0.5) is 0 Å². The van der Waals surface area contributed by atoms with Crippen molar-refractivity contribution in [3.63, 3.8) is 0 Å². The quantitative estimate of drug-likeness (QED) is 0.912. The highest BCUT2D eigenvalue weighted by Gasteiger charge is 2.34. The zero-order valence-electron chi connectivity index (χ0n) is 11.8. The van der Waals surface area contributed by atoms with E-state index >= 15 is 0 Å². The summed E-state index contributed by atoms with van der Waals surface area (Å²) in [6, 6.07) is 0. The molecular formula is C14H25N3S. The Hall–Kier alpha value is -0.450. The molecule has 3 nitrogen and oxygen atoms in total. The number of thiazole rings is 1. The first-order chi connectivity index (χ1) is 8.55. The van der Waals surface area contributed by atoms with Crippen molar-refractivity contribution in [2.45, 2.75) is 51.5 Å². The van der Waals surface area contributed by atoms with Crippen molar-refractivity contribution < 1.29 is 0 Å². The third-order valence-corrected chi connectivity index (χ3v) is 4.91. The van der Waals surface area contributed by atoms with Gasteiger partial charge in [-0.2, -0.15) is 0 Å². The van der Waals surface area contributed by atoms with E-state index in [9.17, 15) is 0 Å². The smallest absolute Gasteiger partial charge is 0.113 e. The third kappa shape index (κ3) is 2.92. The maximum absolute atomic E-state index is 6.57. The van der Waals surface area contributed by atoms with Crippen LogP contribution in [-0.4, -0.2) is 29.5 Å². The fraction of sp³-hybridized carbons (Fsp3) is 0.786. The van der Waals surface area contributed by atoms with Crippen LogP contribution in [0.2, 0.25) is 0 Å². The summed E-state index contributed by atoms with van der Waals surface area (Å²) in [5.74, 6) is 0.499. The molecule has 4 heteroatoms. The molecule has 0 bridgehead atoms. The second-order valence-electron chi connectivity index (χ2n) is 5.73. The molecule has 1 aromatic rings. The Morgan fingerprint density at radius 2 is 2.11 bits per heavy atom. The summed E-state index contributed by atoms with van der Waals surface area (Å²) < 4.78 is 0. The van der Waals surface area contributed by atoms with Crippen LogP contribution >= 0.6 is 11.3 Å². The van der Waals surface area contributed by atoms with Gasteiger partial charge in [0.25, 0.3) is 0 Å². The molecule has 0 aromatic carbocycles. The summed E-state index contributed by atoms with van der Waals surface area (Å²) in [5, 5.41) is 3.31. The topological polar surface area (TPSA) is 42.1 Å². The molecule has 0 aliphatic carbocycles. The van der Waals surface area contributed by atoms with Crippen molar-refractivity contribution in [1.82, 2.24) is 9.88 Å². The third-order valence-electron chi connectivity index (χ3n) is 3.83. The molecule has 0 amide bonds. The summed E-state index contributed by atoms with van der Waals surface area (Å²) in [7, 11) is 0. The summed E-state index contributed by atoms with van der Waals surface area (Å²) in [4.78, 5) is 7.27. The molecule has 1 aliphatic rings. The number of hydrogen-bond donors (Lipinski definition) is 1. The van der Waals surface area contributed by atoms with Gasteiger partial charge in [0.15, 0.2) is 0 Å². The zero-order valence-corrected chi connectivity index (χ0v) is 12.6. The Kier molecular flexibility index (Phi) is 4.41. The van der Waals surface area contributed by atoms with E-state index in [0.717, 1.165) is 30.9 Å². The minimum Gasteiger partial charge on any atom is -0.319 e. The van der Waals surface area contributed by atoms with E-state index in [1.54, 1.807) is 11.3 Å². The van der Waals surface area contributed by atoms with E-state index in [-0.39, 0.29) is 5.54 Å². The molecule has 0 atom stereocenters. The number of piperidine rings is 1. The van der Waals surface area contributed by atoms with Gasteiger partial charge in [-0.05, 0) is 31.7 Å². The van der Waals surface area contributed by atoms with Crippen LogP contribution < -0.4 is 5.73 Å². The predicted octanol–water partition coefficient (Wildman–Crippen LogP) is 2.93. The first-order valence-corrected chi connectivity index (χ1v) is 7.90. The lowest BCUT2D eigenvalue weighted by Gasteiger charge is -2.37. The number of hydrogen-bond acceptors (Lipinski definition) is 4. The van der Waals surface area contributed by atoms with Gasteiger partial charge < -0.3 is 10.6 Å². The van der Waals surface area contributed by atoms with Crippen LogP contribution in [0.1, 0.15) is 56.7 Å². The maximum atomic E-state index is 6.57. The maximum Gasteiger partial charge on any atom is 0.113 e. The number of rotatable bonds is 4. The van der Waals surface area contributed by atoms with Gasteiger partial charge in [-0.25, -0.2) is 4.98 Å². The average molecular weight is 267 g/mol. The van der Waals surface area contributed by atoms with Crippen molar-refractivity contribution in [3.05, 3.63) is 16.1 Å². The number of nitrogens with zero attached hydrogens (tertiary/aromatic N) is 2. The van der Waals surface area contributed by atoms with Crippen molar-refractivity contribution in [3.8, 4) is 0 Å². The normalized spacial score (nSPS) is 20.5. The Labute approximate surface area is 114 Å². The van der Waals surface area contributed by atoms with Gasteiger partial charge in [-0.1, -0.05) is 20.8 Å². The Bertz CT molecular complexity index is 378. The average Bonchev–Trinajstić information content (AvgIpc) is 2.83. The molecule has 0 spiro atoms. The van der Waals surface area contributed by atoms with Crippen molar-refractivity contribution >= 4 is 11.3 Å². The molecule has 18 heavy (non-hydrogen) atoms. The van der Waals surface area contributed by atoms with Gasteiger partial charge in [0.2, 0.25) is 0 Å². The van der Waals surface area contributed by atoms with Crippen LogP contribution in [0.15, 0.2) is 5.38 Å². The predicted molar refractivity (Wildman–Crippen MR) is 78.0 cm³/mol. The molecule has 1 aliphatic heterocycles. The molecule has 2 N–H and O–H groups in total. The minimum atomic E-state index is -0.179. The van der Waals surface area contributed by atoms with Gasteiger partial charge in [0.1, 0.15) is 5.01 Å². The van der Waals surface area contributed by atoms with E-state index in [1.807, 2.05) is 0 Å². The van der Waals surface area contributed by atoms with E-state index < -0.39 is 0 Å². The minimum absolute atomic E-state index is 0.179. The molecule has 2 heterocycles. The van der Waals surface area contributed by atoms with Gasteiger partial charge in [0.05, 0.1) is 11.2 Å². The molecule has 0 unspecified atom stereocenters. The summed E-state index contributed by atoms with van der Waals surface area (Å²) >= 11 is 1.74. The Morgan fingerprint density at radius 3 is 2.61 bits per heavy atom. The Morgan fingerprint density at radius 1 is 1.44 bits per heavy atom. The van der Waals surface area contributed by atoms with Gasteiger partial charge in [-0.15, -0.1) is 11.3 Å². The fourth-order valence-corrected chi connectivity index (χ4v) is 3.64. The first-order valence-electron chi connectivity index (χ1n) is 7.02. The highest BCUT2D eigenvalue weighted by Crippen LogP contribution is 2.33. The van der Waals surface area contributed by atoms with Gasteiger partial charge in [-0.3, -0.25) is 0 Å². The second kappa shape index (κ2) is 5.68. The van der Waals surface area contributed by atoms with E-state index in [4.69, 9.17) is 10.7 Å². The first kappa shape index (κ1) is 14.0. The summed E-state index contributed by atoms with van der Waals surface area (Å²) in [5.41, 5.74) is 7.59. The van der Waals surface area contributed by atoms with E-state index in [1.165, 1.54) is 18.7 Å². The van der Waals surface area contributed by atoms with Gasteiger partial charge in [0, 0.05) is 18.5 Å². The lowest BCUT2D eigenvalue weighted by atomic mass is 9.89. The second-order valence-corrected chi connectivity index (χ2v) is 6.59. The molecule has 2 rings (SSSR count). The molecule has 1 fully saturated rings. The fourth-order valence-electron chi connectivity index (χ4n) is 2.49. The molecule has 1 saturated heterocycles. The molecular weight excluding hydrogens is 242 g/mol. The van der Waals surface area contributed by atoms with Crippen LogP contribution in [0.5, 0.6) is 0 Å². The number of nitrogens with two attached hydrogens (primary N) is 1.